The van der Waals surface area contributed by atoms with Crippen LogP contribution in [0.3, 0.4) is 0 Å². The van der Waals surface area contributed by atoms with Crippen molar-refractivity contribution >= 4 is 17.0 Å². The largest absolute Gasteiger partial charge is 0.393 e. The molecule has 0 atom stereocenters. The van der Waals surface area contributed by atoms with Crippen LogP contribution in [-0.4, -0.2) is 63.5 Å². The van der Waals surface area contributed by atoms with Gasteiger partial charge in [0.25, 0.3) is 0 Å². The summed E-state index contributed by atoms with van der Waals surface area (Å²) in [5.41, 5.74) is 5.81. The molecule has 1 aliphatic heterocycles. The van der Waals surface area contributed by atoms with Crippen molar-refractivity contribution in [2.24, 2.45) is 0 Å². The first-order chi connectivity index (χ1) is 16.7. The van der Waals surface area contributed by atoms with Crippen LogP contribution in [0.2, 0.25) is 0 Å². The predicted molar refractivity (Wildman–Crippen MR) is 136 cm³/mol. The SMILES string of the molecule is CCCCNc1ncc2c(n1)c(C1CCC(O)CC1)cn2-c1ccc(CN2CCOCC2)cc1. The van der Waals surface area contributed by atoms with Crippen LogP contribution in [0.4, 0.5) is 5.95 Å². The number of aliphatic hydroxyl groups excluding tert-OH is 1. The van der Waals surface area contributed by atoms with Gasteiger partial charge < -0.3 is 19.7 Å². The lowest BCUT2D eigenvalue weighted by Gasteiger charge is -2.26. The lowest BCUT2D eigenvalue weighted by atomic mass is 9.83. The van der Waals surface area contributed by atoms with Gasteiger partial charge in [0.05, 0.1) is 36.5 Å². The molecule has 34 heavy (non-hydrogen) atoms. The number of ether oxygens (including phenoxy) is 1. The Bertz CT molecular complexity index is 1070. The molecule has 7 nitrogen and oxygen atoms in total. The van der Waals surface area contributed by atoms with E-state index in [2.05, 4.69) is 57.2 Å². The van der Waals surface area contributed by atoms with Gasteiger partial charge in [-0.25, -0.2) is 9.97 Å². The highest BCUT2D eigenvalue weighted by atomic mass is 16.5. The molecule has 0 bridgehead atoms. The molecule has 1 aliphatic carbocycles. The number of aromatic nitrogens is 3. The number of unbranched alkanes of at least 4 members (excludes halogenated alkanes) is 1. The summed E-state index contributed by atoms with van der Waals surface area (Å²) in [4.78, 5) is 12.0. The minimum atomic E-state index is -0.162. The second-order valence-electron chi connectivity index (χ2n) is 9.72. The highest BCUT2D eigenvalue weighted by Crippen LogP contribution is 2.38. The first kappa shape index (κ1) is 23.3. The lowest BCUT2D eigenvalue weighted by molar-refractivity contribution is 0.0342. The fourth-order valence-electron chi connectivity index (χ4n) is 5.17. The van der Waals surface area contributed by atoms with E-state index in [0.29, 0.717) is 11.9 Å². The van der Waals surface area contributed by atoms with Crippen molar-refractivity contribution in [3.05, 3.63) is 47.8 Å². The zero-order valence-corrected chi connectivity index (χ0v) is 20.2. The van der Waals surface area contributed by atoms with E-state index in [1.165, 1.54) is 11.1 Å². The quantitative estimate of drug-likeness (QED) is 0.480. The van der Waals surface area contributed by atoms with E-state index in [0.717, 1.165) is 94.6 Å². The summed E-state index contributed by atoms with van der Waals surface area (Å²) in [6.07, 6.45) is 10.0. The molecule has 3 aromatic rings. The molecule has 5 rings (SSSR count). The van der Waals surface area contributed by atoms with Crippen molar-refractivity contribution in [1.29, 1.82) is 0 Å². The summed E-state index contributed by atoms with van der Waals surface area (Å²) < 4.78 is 7.71. The van der Waals surface area contributed by atoms with Crippen LogP contribution in [0.15, 0.2) is 36.7 Å². The van der Waals surface area contributed by atoms with Gasteiger partial charge in [0.1, 0.15) is 0 Å². The van der Waals surface area contributed by atoms with Crippen LogP contribution in [0.25, 0.3) is 16.7 Å². The molecule has 2 fully saturated rings. The third-order valence-electron chi connectivity index (χ3n) is 7.24. The third-order valence-corrected chi connectivity index (χ3v) is 7.24. The summed E-state index contributed by atoms with van der Waals surface area (Å²) in [6.45, 7) is 7.67. The van der Waals surface area contributed by atoms with Crippen LogP contribution in [0.5, 0.6) is 0 Å². The molecular weight excluding hydrogens is 426 g/mol. The Kier molecular flexibility index (Phi) is 7.42. The molecule has 2 aliphatic rings. The fourth-order valence-corrected chi connectivity index (χ4v) is 5.17. The van der Waals surface area contributed by atoms with E-state index in [9.17, 15) is 5.11 Å². The number of rotatable bonds is 8. The molecular formula is C27H37N5O2. The maximum absolute atomic E-state index is 10.0. The Morgan fingerprint density at radius 3 is 2.59 bits per heavy atom. The Balaban J connectivity index is 1.43. The molecule has 7 heteroatoms. The van der Waals surface area contributed by atoms with E-state index < -0.39 is 0 Å². The fraction of sp³-hybridized carbons (Fsp3) is 0.556. The standard InChI is InChI=1S/C27H37N5O2/c1-2-3-12-28-27-29-17-25-26(30-27)24(21-6-10-23(33)11-7-21)19-32(25)22-8-4-20(5-9-22)18-31-13-15-34-16-14-31/h4-5,8-9,17,19,21,23,33H,2-3,6-7,10-16,18H2,1H3,(H,28,29,30). The van der Waals surface area contributed by atoms with Crippen molar-refractivity contribution in [2.75, 3.05) is 38.2 Å². The van der Waals surface area contributed by atoms with E-state index in [-0.39, 0.29) is 6.10 Å². The number of fused-ring (bicyclic) bond motifs is 1. The average Bonchev–Trinajstić information content (AvgIpc) is 3.25. The van der Waals surface area contributed by atoms with Gasteiger partial charge in [0.15, 0.2) is 0 Å². The van der Waals surface area contributed by atoms with Gasteiger partial charge in [-0.3, -0.25) is 4.90 Å². The molecule has 0 radical (unpaired) electrons. The molecule has 1 aromatic carbocycles. The third kappa shape index (κ3) is 5.27. The number of aliphatic hydroxyl groups is 1. The Labute approximate surface area is 202 Å². The monoisotopic (exact) mass is 463 g/mol. The average molecular weight is 464 g/mol. The predicted octanol–water partition coefficient (Wildman–Crippen LogP) is 4.48. The number of benzene rings is 1. The topological polar surface area (TPSA) is 75.4 Å². The maximum atomic E-state index is 10.0. The smallest absolute Gasteiger partial charge is 0.223 e. The lowest BCUT2D eigenvalue weighted by Crippen LogP contribution is -2.35. The molecule has 2 aromatic heterocycles. The minimum Gasteiger partial charge on any atom is -0.393 e. The van der Waals surface area contributed by atoms with E-state index >= 15 is 0 Å². The summed E-state index contributed by atoms with van der Waals surface area (Å²) in [5, 5.41) is 13.4. The summed E-state index contributed by atoms with van der Waals surface area (Å²) in [7, 11) is 0. The van der Waals surface area contributed by atoms with Gasteiger partial charge in [-0.1, -0.05) is 25.5 Å². The maximum Gasteiger partial charge on any atom is 0.223 e. The van der Waals surface area contributed by atoms with E-state index in [1.54, 1.807) is 0 Å². The van der Waals surface area contributed by atoms with Crippen LogP contribution < -0.4 is 5.32 Å². The van der Waals surface area contributed by atoms with Crippen LogP contribution in [0.1, 0.15) is 62.5 Å². The zero-order valence-electron chi connectivity index (χ0n) is 20.2. The number of hydrogen-bond acceptors (Lipinski definition) is 6. The molecule has 182 valence electrons. The van der Waals surface area contributed by atoms with Gasteiger partial charge in [0.2, 0.25) is 5.95 Å². The molecule has 2 N–H and O–H groups in total. The van der Waals surface area contributed by atoms with Gasteiger partial charge >= 0.3 is 0 Å². The van der Waals surface area contributed by atoms with E-state index in [4.69, 9.17) is 9.72 Å². The molecule has 0 spiro atoms. The van der Waals surface area contributed by atoms with Crippen molar-refractivity contribution in [3.63, 3.8) is 0 Å². The van der Waals surface area contributed by atoms with E-state index in [1.807, 2.05) is 6.20 Å². The number of anilines is 1. The molecule has 0 amide bonds. The van der Waals surface area contributed by atoms with Crippen molar-refractivity contribution in [3.8, 4) is 5.69 Å². The highest BCUT2D eigenvalue weighted by molar-refractivity contribution is 5.82. The van der Waals surface area contributed by atoms with Crippen molar-refractivity contribution in [1.82, 2.24) is 19.4 Å². The first-order valence-corrected chi connectivity index (χ1v) is 12.9. The van der Waals surface area contributed by atoms with Crippen LogP contribution >= 0.6 is 0 Å². The first-order valence-electron chi connectivity index (χ1n) is 12.9. The van der Waals surface area contributed by atoms with Crippen LogP contribution in [-0.2, 0) is 11.3 Å². The van der Waals surface area contributed by atoms with Gasteiger partial charge in [-0.05, 0) is 61.3 Å². The van der Waals surface area contributed by atoms with Crippen LogP contribution in [0, 0.1) is 0 Å². The molecule has 3 heterocycles. The molecule has 1 saturated carbocycles. The number of hydrogen-bond donors (Lipinski definition) is 2. The number of nitrogens with zero attached hydrogens (tertiary/aromatic N) is 4. The second-order valence-corrected chi connectivity index (χ2v) is 9.72. The number of morpholine rings is 1. The Morgan fingerprint density at radius 2 is 1.85 bits per heavy atom. The zero-order chi connectivity index (χ0) is 23.3. The Morgan fingerprint density at radius 1 is 1.09 bits per heavy atom. The minimum absolute atomic E-state index is 0.162. The molecule has 1 saturated heterocycles. The van der Waals surface area contributed by atoms with Crippen molar-refractivity contribution in [2.45, 2.75) is 64.0 Å². The highest BCUT2D eigenvalue weighted by Gasteiger charge is 2.25. The number of nitrogens with one attached hydrogen (secondary N) is 1. The second kappa shape index (κ2) is 10.8. The van der Waals surface area contributed by atoms with Gasteiger partial charge in [-0.2, -0.15) is 0 Å². The summed E-state index contributed by atoms with van der Waals surface area (Å²) in [6, 6.07) is 8.87. The van der Waals surface area contributed by atoms with Gasteiger partial charge in [-0.15, -0.1) is 0 Å². The Hall–Kier alpha value is -2.48. The van der Waals surface area contributed by atoms with Gasteiger partial charge in [0, 0.05) is 38.1 Å². The van der Waals surface area contributed by atoms with Crippen molar-refractivity contribution < 1.29 is 9.84 Å². The molecule has 0 unspecified atom stereocenters. The summed E-state index contributed by atoms with van der Waals surface area (Å²) in [5.74, 6) is 1.13. The normalized spacial score (nSPS) is 21.7. The summed E-state index contributed by atoms with van der Waals surface area (Å²) >= 11 is 0.